The van der Waals surface area contributed by atoms with Gasteiger partial charge in [0.2, 0.25) is 5.91 Å². The molecule has 12 heteroatoms. The Kier molecular flexibility index (Phi) is 12.4. The lowest BCUT2D eigenvalue weighted by atomic mass is 10.1. The van der Waals surface area contributed by atoms with E-state index in [0.29, 0.717) is 51.3 Å². The van der Waals surface area contributed by atoms with Gasteiger partial charge in [0, 0.05) is 19.1 Å². The van der Waals surface area contributed by atoms with Gasteiger partial charge in [-0.25, -0.2) is 4.79 Å². The number of rotatable bonds is 14. The molecule has 1 heterocycles. The minimum absolute atomic E-state index is 0.0839. The highest BCUT2D eigenvalue weighted by Gasteiger charge is 2.42. The van der Waals surface area contributed by atoms with Crippen molar-refractivity contribution in [3.05, 3.63) is 53.6 Å². The van der Waals surface area contributed by atoms with Crippen LogP contribution in [0.5, 0.6) is 11.5 Å². The molecule has 0 saturated heterocycles. The summed E-state index contributed by atoms with van der Waals surface area (Å²) >= 11 is 0. The molecule has 2 amide bonds. The fourth-order valence-corrected chi connectivity index (χ4v) is 5.51. The molecule has 0 atom stereocenters. The van der Waals surface area contributed by atoms with Crippen molar-refractivity contribution in [3.63, 3.8) is 0 Å². The first kappa shape index (κ1) is 33.3. The molecule has 2 N–H and O–H groups in total. The molecule has 0 unspecified atom stereocenters. The SMILES string of the molecule is O=C1COc2c(CCNCCN(C(=O)CCOCCc3ccccc3)C3CCCCCC3)ccc(OC(=O)C(F)(F)F)c2N1. The number of fused-ring (bicyclic) bond motifs is 1. The van der Waals surface area contributed by atoms with Crippen LogP contribution in [-0.2, 0) is 32.0 Å². The van der Waals surface area contributed by atoms with Gasteiger partial charge in [-0.1, -0.05) is 62.1 Å². The third-order valence-electron chi connectivity index (χ3n) is 7.77. The van der Waals surface area contributed by atoms with E-state index in [1.54, 1.807) is 0 Å². The lowest BCUT2D eigenvalue weighted by Crippen LogP contribution is -2.44. The van der Waals surface area contributed by atoms with Crippen LogP contribution in [0, 0.1) is 0 Å². The summed E-state index contributed by atoms with van der Waals surface area (Å²) in [6.07, 6.45) is 2.91. The van der Waals surface area contributed by atoms with Crippen LogP contribution in [0.15, 0.2) is 42.5 Å². The quantitative estimate of drug-likeness (QED) is 0.135. The number of nitrogens with one attached hydrogen (secondary N) is 2. The van der Waals surface area contributed by atoms with Gasteiger partial charge in [0.15, 0.2) is 18.1 Å². The molecule has 1 aliphatic heterocycles. The summed E-state index contributed by atoms with van der Waals surface area (Å²) in [5.74, 6) is -3.14. The van der Waals surface area contributed by atoms with E-state index < -0.39 is 23.8 Å². The number of amides is 2. The highest BCUT2D eigenvalue weighted by molar-refractivity contribution is 5.98. The van der Waals surface area contributed by atoms with Crippen molar-refractivity contribution in [2.45, 2.75) is 70.0 Å². The second-order valence-corrected chi connectivity index (χ2v) is 11.0. The summed E-state index contributed by atoms with van der Waals surface area (Å²) < 4.78 is 53.9. The first-order valence-corrected chi connectivity index (χ1v) is 15.2. The Bertz CT molecular complexity index is 1250. The van der Waals surface area contributed by atoms with Crippen molar-refractivity contribution in [3.8, 4) is 11.5 Å². The fourth-order valence-electron chi connectivity index (χ4n) is 5.51. The third kappa shape index (κ3) is 9.95. The third-order valence-corrected chi connectivity index (χ3v) is 7.77. The van der Waals surface area contributed by atoms with Crippen LogP contribution in [0.2, 0.25) is 0 Å². The molecule has 4 rings (SSSR count). The van der Waals surface area contributed by atoms with Crippen molar-refractivity contribution in [1.29, 1.82) is 0 Å². The molecule has 9 nitrogen and oxygen atoms in total. The van der Waals surface area contributed by atoms with Crippen molar-refractivity contribution < 1.29 is 41.8 Å². The molecule has 2 aliphatic rings. The zero-order valence-corrected chi connectivity index (χ0v) is 24.8. The second-order valence-electron chi connectivity index (χ2n) is 11.0. The first-order chi connectivity index (χ1) is 21.2. The molecular weight excluding hydrogens is 579 g/mol. The van der Waals surface area contributed by atoms with Gasteiger partial charge in [-0.05, 0) is 49.4 Å². The molecule has 0 spiro atoms. The maximum absolute atomic E-state index is 13.3. The van der Waals surface area contributed by atoms with Crippen molar-refractivity contribution >= 4 is 23.5 Å². The van der Waals surface area contributed by atoms with Crippen LogP contribution in [-0.4, -0.2) is 74.4 Å². The Morgan fingerprint density at radius 2 is 1.73 bits per heavy atom. The van der Waals surface area contributed by atoms with Gasteiger partial charge in [0.1, 0.15) is 5.69 Å². The average molecular weight is 620 g/mol. The molecule has 44 heavy (non-hydrogen) atoms. The van der Waals surface area contributed by atoms with Gasteiger partial charge < -0.3 is 29.7 Å². The number of carbonyl (C=O) groups is 3. The van der Waals surface area contributed by atoms with Crippen molar-refractivity contribution in [2.24, 2.45) is 0 Å². The number of alkyl halides is 3. The molecule has 240 valence electrons. The Hall–Kier alpha value is -3.64. The first-order valence-electron chi connectivity index (χ1n) is 15.2. The fraction of sp³-hybridized carbons (Fsp3) is 0.531. The summed E-state index contributed by atoms with van der Waals surface area (Å²) in [6, 6.07) is 13.0. The number of halogens is 3. The van der Waals surface area contributed by atoms with Crippen LogP contribution < -0.4 is 20.1 Å². The average Bonchev–Trinajstić information content (AvgIpc) is 3.29. The van der Waals surface area contributed by atoms with Crippen LogP contribution in [0.1, 0.15) is 56.1 Å². The zero-order valence-electron chi connectivity index (χ0n) is 24.8. The maximum atomic E-state index is 13.3. The number of anilines is 1. The smallest absolute Gasteiger partial charge is 0.481 e. The van der Waals surface area contributed by atoms with Crippen LogP contribution in [0.25, 0.3) is 0 Å². The second kappa shape index (κ2) is 16.4. The molecule has 1 aliphatic carbocycles. The highest BCUT2D eigenvalue weighted by atomic mass is 19.4. The zero-order chi connectivity index (χ0) is 31.4. The number of ether oxygens (including phenoxy) is 3. The van der Waals surface area contributed by atoms with Gasteiger partial charge in [-0.2, -0.15) is 13.2 Å². The van der Waals surface area contributed by atoms with Gasteiger partial charge in [-0.15, -0.1) is 0 Å². The molecule has 0 radical (unpaired) electrons. The van der Waals surface area contributed by atoms with Gasteiger partial charge in [0.25, 0.3) is 5.91 Å². The monoisotopic (exact) mass is 619 g/mol. The summed E-state index contributed by atoms with van der Waals surface area (Å²) in [6.45, 7) is 2.21. The Morgan fingerprint density at radius 1 is 0.977 bits per heavy atom. The minimum Gasteiger partial charge on any atom is -0.481 e. The van der Waals surface area contributed by atoms with E-state index in [4.69, 9.17) is 9.47 Å². The van der Waals surface area contributed by atoms with Gasteiger partial charge in [-0.3, -0.25) is 9.59 Å². The van der Waals surface area contributed by atoms with E-state index in [1.165, 1.54) is 30.5 Å². The number of hydrogen-bond donors (Lipinski definition) is 2. The molecule has 0 bridgehead atoms. The lowest BCUT2D eigenvalue weighted by molar-refractivity contribution is -0.189. The molecule has 2 aromatic rings. The van der Waals surface area contributed by atoms with Crippen LogP contribution in [0.4, 0.5) is 18.9 Å². The van der Waals surface area contributed by atoms with Gasteiger partial charge >= 0.3 is 12.1 Å². The van der Waals surface area contributed by atoms with Gasteiger partial charge in [0.05, 0.1) is 19.6 Å². The van der Waals surface area contributed by atoms with Crippen LogP contribution in [0.3, 0.4) is 0 Å². The number of benzene rings is 2. The molecular formula is C32H40F3N3O6. The van der Waals surface area contributed by atoms with E-state index in [2.05, 4.69) is 27.5 Å². The maximum Gasteiger partial charge on any atom is 0.491 e. The van der Waals surface area contributed by atoms with E-state index in [9.17, 15) is 27.6 Å². The standard InChI is InChI=1S/C32H40F3N3O6/c33-32(34,35)31(41)44-26-13-12-24(30-29(26)37-27(39)22-43-30)14-17-36-18-19-38(25-10-6-1-2-7-11-25)28(40)16-21-42-20-15-23-8-4-3-5-9-23/h3-5,8-9,12-13,25,36H,1-2,6-7,10-11,14-22H2,(H,37,39). The van der Waals surface area contributed by atoms with E-state index in [0.717, 1.165) is 32.1 Å². The number of hydrogen-bond acceptors (Lipinski definition) is 7. The van der Waals surface area contributed by atoms with Crippen molar-refractivity contribution in [2.75, 3.05) is 44.8 Å². The molecule has 0 aromatic heterocycles. The Morgan fingerprint density at radius 3 is 2.45 bits per heavy atom. The summed E-state index contributed by atoms with van der Waals surface area (Å²) in [5, 5.41) is 5.79. The highest BCUT2D eigenvalue weighted by Crippen LogP contribution is 2.40. The largest absolute Gasteiger partial charge is 0.491 e. The predicted molar refractivity (Wildman–Crippen MR) is 158 cm³/mol. The van der Waals surface area contributed by atoms with E-state index in [1.807, 2.05) is 23.1 Å². The minimum atomic E-state index is -5.18. The summed E-state index contributed by atoms with van der Waals surface area (Å²) in [4.78, 5) is 38.5. The Labute approximate surface area is 255 Å². The van der Waals surface area contributed by atoms with Crippen LogP contribution >= 0.6 is 0 Å². The lowest BCUT2D eigenvalue weighted by Gasteiger charge is -2.31. The Balaban J connectivity index is 1.28. The van der Waals surface area contributed by atoms with E-state index >= 15 is 0 Å². The molecule has 1 fully saturated rings. The van der Waals surface area contributed by atoms with Crippen molar-refractivity contribution in [1.82, 2.24) is 10.2 Å². The molecule has 1 saturated carbocycles. The number of nitrogens with zero attached hydrogens (tertiary/aromatic N) is 1. The molecule has 2 aromatic carbocycles. The summed E-state index contributed by atoms with van der Waals surface area (Å²) in [5.41, 5.74) is 1.72. The number of carbonyl (C=O) groups excluding carboxylic acids is 3. The summed E-state index contributed by atoms with van der Waals surface area (Å²) in [7, 11) is 0. The van der Waals surface area contributed by atoms with E-state index in [-0.39, 0.29) is 30.0 Å². The topological polar surface area (TPSA) is 106 Å². The predicted octanol–water partition coefficient (Wildman–Crippen LogP) is 4.82. The normalized spacial score (nSPS) is 15.5. The number of esters is 1.